The molecule has 2 heterocycles. The first-order chi connectivity index (χ1) is 9.19. The topological polar surface area (TPSA) is 66.6 Å². The quantitative estimate of drug-likeness (QED) is 0.820. The maximum atomic E-state index is 11.7. The van der Waals surface area contributed by atoms with E-state index in [0.29, 0.717) is 19.4 Å². The molecule has 0 aliphatic rings. The number of nitrogens with zero attached hydrogens (tertiary/aromatic N) is 2. The van der Waals surface area contributed by atoms with Gasteiger partial charge in [0, 0.05) is 18.9 Å². The molecular weight excluding hydrogens is 242 g/mol. The van der Waals surface area contributed by atoms with Crippen molar-refractivity contribution in [3.63, 3.8) is 0 Å². The number of aliphatic hydroxyl groups is 1. The van der Waals surface area contributed by atoms with E-state index in [-0.39, 0.29) is 18.4 Å². The van der Waals surface area contributed by atoms with Gasteiger partial charge in [0.25, 0.3) is 0 Å². The summed E-state index contributed by atoms with van der Waals surface area (Å²) in [4.78, 5) is 16.1. The molecule has 102 valence electrons. The van der Waals surface area contributed by atoms with Crippen LogP contribution in [0.5, 0.6) is 0 Å². The van der Waals surface area contributed by atoms with Crippen LogP contribution < -0.4 is 5.32 Å². The van der Waals surface area contributed by atoms with E-state index in [2.05, 4.69) is 10.3 Å². The first-order valence-electron chi connectivity index (χ1n) is 6.56. The third-order valence-electron chi connectivity index (χ3n) is 3.03. The van der Waals surface area contributed by atoms with Crippen molar-refractivity contribution >= 4 is 11.6 Å². The second kappa shape index (κ2) is 6.33. The molecule has 2 N–H and O–H groups in total. The largest absolute Gasteiger partial charge is 0.393 e. The van der Waals surface area contributed by atoms with Crippen LogP contribution in [0.4, 0.5) is 0 Å². The Morgan fingerprint density at radius 2 is 2.37 bits per heavy atom. The highest BCUT2D eigenvalue weighted by Gasteiger charge is 2.08. The van der Waals surface area contributed by atoms with E-state index in [1.807, 2.05) is 41.9 Å². The molecule has 0 aromatic carbocycles. The van der Waals surface area contributed by atoms with Gasteiger partial charge in [-0.2, -0.15) is 0 Å². The van der Waals surface area contributed by atoms with Crippen LogP contribution in [0.1, 0.15) is 25.5 Å². The number of hydrogen-bond acceptors (Lipinski definition) is 3. The summed E-state index contributed by atoms with van der Waals surface area (Å²) in [5.41, 5.74) is 1.59. The highest BCUT2D eigenvalue weighted by molar-refractivity contribution is 5.78. The molecule has 5 heteroatoms. The van der Waals surface area contributed by atoms with Gasteiger partial charge in [0.1, 0.15) is 5.65 Å². The molecule has 2 aromatic rings. The predicted octanol–water partition coefficient (Wildman–Crippen LogP) is 1.15. The molecular formula is C14H19N3O2. The van der Waals surface area contributed by atoms with Crippen molar-refractivity contribution in [2.75, 3.05) is 6.54 Å². The van der Waals surface area contributed by atoms with Crippen LogP contribution in [0.3, 0.4) is 0 Å². The van der Waals surface area contributed by atoms with Crippen molar-refractivity contribution in [2.24, 2.45) is 0 Å². The predicted molar refractivity (Wildman–Crippen MR) is 72.8 cm³/mol. The molecule has 0 aliphatic heterocycles. The van der Waals surface area contributed by atoms with Crippen molar-refractivity contribution in [2.45, 2.75) is 32.3 Å². The summed E-state index contributed by atoms with van der Waals surface area (Å²) < 4.78 is 1.89. The van der Waals surface area contributed by atoms with E-state index in [4.69, 9.17) is 0 Å². The Morgan fingerprint density at radius 3 is 3.11 bits per heavy atom. The van der Waals surface area contributed by atoms with Gasteiger partial charge < -0.3 is 14.8 Å². The molecule has 5 nitrogen and oxygen atoms in total. The molecule has 0 fully saturated rings. The fourth-order valence-electron chi connectivity index (χ4n) is 1.88. The molecule has 19 heavy (non-hydrogen) atoms. The monoisotopic (exact) mass is 261 g/mol. The normalized spacial score (nSPS) is 12.5. The molecule has 0 aliphatic carbocycles. The maximum absolute atomic E-state index is 11.7. The number of nitrogens with one attached hydrogen (secondary N) is 1. The third-order valence-corrected chi connectivity index (χ3v) is 3.03. The van der Waals surface area contributed by atoms with Crippen molar-refractivity contribution in [1.29, 1.82) is 0 Å². The van der Waals surface area contributed by atoms with E-state index in [1.165, 1.54) is 0 Å². The Bertz CT molecular complexity index is 517. The van der Waals surface area contributed by atoms with Gasteiger partial charge in [-0.25, -0.2) is 4.98 Å². The molecule has 0 bridgehead atoms. The number of aliphatic hydroxyl groups excluding tert-OH is 1. The minimum Gasteiger partial charge on any atom is -0.393 e. The number of imidazole rings is 1. The average Bonchev–Trinajstić information content (AvgIpc) is 2.80. The van der Waals surface area contributed by atoms with Gasteiger partial charge >= 0.3 is 0 Å². The highest BCUT2D eigenvalue weighted by Crippen LogP contribution is 2.05. The second-order valence-electron chi connectivity index (χ2n) is 4.58. The number of amides is 1. The Kier molecular flexibility index (Phi) is 4.52. The van der Waals surface area contributed by atoms with Gasteiger partial charge in [-0.1, -0.05) is 13.0 Å². The minimum absolute atomic E-state index is 0.0632. The van der Waals surface area contributed by atoms with Crippen molar-refractivity contribution < 1.29 is 9.90 Å². The zero-order valence-corrected chi connectivity index (χ0v) is 11.0. The summed E-state index contributed by atoms with van der Waals surface area (Å²) in [7, 11) is 0. The maximum Gasteiger partial charge on any atom is 0.226 e. The summed E-state index contributed by atoms with van der Waals surface area (Å²) >= 11 is 0. The fourth-order valence-corrected chi connectivity index (χ4v) is 1.88. The Balaban J connectivity index is 1.85. The lowest BCUT2D eigenvalue weighted by atomic mass is 10.2. The van der Waals surface area contributed by atoms with Gasteiger partial charge in [-0.05, 0) is 25.0 Å². The average molecular weight is 261 g/mol. The van der Waals surface area contributed by atoms with Crippen molar-refractivity contribution in [3.05, 3.63) is 36.3 Å². The van der Waals surface area contributed by atoms with Crippen LogP contribution >= 0.6 is 0 Å². The number of pyridine rings is 1. The van der Waals surface area contributed by atoms with E-state index in [9.17, 15) is 9.90 Å². The van der Waals surface area contributed by atoms with Gasteiger partial charge in [0.2, 0.25) is 5.91 Å². The molecule has 1 unspecified atom stereocenters. The van der Waals surface area contributed by atoms with E-state index >= 15 is 0 Å². The molecule has 1 atom stereocenters. The van der Waals surface area contributed by atoms with Crippen molar-refractivity contribution in [1.82, 2.24) is 14.7 Å². The van der Waals surface area contributed by atoms with Crippen LogP contribution in [0.2, 0.25) is 0 Å². The van der Waals surface area contributed by atoms with Crippen LogP contribution in [0.15, 0.2) is 30.6 Å². The highest BCUT2D eigenvalue weighted by atomic mass is 16.3. The van der Waals surface area contributed by atoms with Gasteiger partial charge in [-0.15, -0.1) is 0 Å². The number of carbonyl (C=O) groups is 1. The van der Waals surface area contributed by atoms with E-state index < -0.39 is 0 Å². The lowest BCUT2D eigenvalue weighted by molar-refractivity contribution is -0.120. The Labute approximate surface area is 112 Å². The molecule has 2 rings (SSSR count). The van der Waals surface area contributed by atoms with E-state index in [1.54, 1.807) is 0 Å². The zero-order valence-electron chi connectivity index (χ0n) is 11.0. The summed E-state index contributed by atoms with van der Waals surface area (Å²) in [6.45, 7) is 2.42. The van der Waals surface area contributed by atoms with Crippen LogP contribution in [0, 0.1) is 0 Å². The molecule has 1 amide bonds. The summed E-state index contributed by atoms with van der Waals surface area (Å²) in [6, 6.07) is 5.74. The second-order valence-corrected chi connectivity index (χ2v) is 4.58. The van der Waals surface area contributed by atoms with E-state index in [0.717, 1.165) is 11.3 Å². The first-order valence-corrected chi connectivity index (χ1v) is 6.56. The van der Waals surface area contributed by atoms with Crippen LogP contribution in [-0.2, 0) is 11.2 Å². The fraction of sp³-hybridized carbons (Fsp3) is 0.429. The zero-order chi connectivity index (χ0) is 13.7. The SMILES string of the molecule is CCC(O)CCNC(=O)Cc1cn2ccccc2n1. The molecule has 0 spiro atoms. The Morgan fingerprint density at radius 1 is 1.53 bits per heavy atom. The van der Waals surface area contributed by atoms with Crippen LogP contribution in [-0.4, -0.2) is 33.0 Å². The standard InChI is InChI=1S/C14H19N3O2/c1-2-12(18)6-7-15-14(19)9-11-10-17-8-4-3-5-13(17)16-11/h3-5,8,10,12,18H,2,6-7,9H2,1H3,(H,15,19). The summed E-state index contributed by atoms with van der Waals surface area (Å²) in [5, 5.41) is 12.2. The first kappa shape index (κ1) is 13.5. The third kappa shape index (κ3) is 3.79. The molecule has 2 aromatic heterocycles. The van der Waals surface area contributed by atoms with Gasteiger partial charge in [0.15, 0.2) is 0 Å². The smallest absolute Gasteiger partial charge is 0.226 e. The number of carbonyl (C=O) groups excluding carboxylic acids is 1. The summed E-state index contributed by atoms with van der Waals surface area (Å²) in [6.07, 6.45) is 4.99. The minimum atomic E-state index is -0.338. The number of aromatic nitrogens is 2. The Hall–Kier alpha value is -1.88. The number of rotatable bonds is 6. The van der Waals surface area contributed by atoms with Crippen molar-refractivity contribution in [3.8, 4) is 0 Å². The number of fused-ring (bicyclic) bond motifs is 1. The summed E-state index contributed by atoms with van der Waals surface area (Å²) in [5.74, 6) is -0.0632. The molecule has 0 saturated heterocycles. The van der Waals surface area contributed by atoms with Gasteiger partial charge in [-0.3, -0.25) is 4.79 Å². The molecule has 0 saturated carbocycles. The molecule has 0 radical (unpaired) electrons. The number of hydrogen-bond donors (Lipinski definition) is 2. The van der Waals surface area contributed by atoms with Crippen LogP contribution in [0.25, 0.3) is 5.65 Å². The lowest BCUT2D eigenvalue weighted by Gasteiger charge is -2.08. The van der Waals surface area contributed by atoms with Gasteiger partial charge in [0.05, 0.1) is 18.2 Å². The lowest BCUT2D eigenvalue weighted by Crippen LogP contribution is -2.28.